The number of nitrogens with one attached hydrogen (secondary N) is 2. The summed E-state index contributed by atoms with van der Waals surface area (Å²) in [5, 5.41) is 7.18. The Morgan fingerprint density at radius 1 is 0.969 bits per heavy atom. The van der Waals surface area contributed by atoms with Crippen LogP contribution in [-0.2, 0) is 5.41 Å². The van der Waals surface area contributed by atoms with Gasteiger partial charge in [0, 0.05) is 45.2 Å². The van der Waals surface area contributed by atoms with E-state index in [1.165, 1.54) is 57.2 Å². The molecule has 0 radical (unpaired) electrons. The molecule has 1 aromatic carbocycles. The summed E-state index contributed by atoms with van der Waals surface area (Å²) in [6.07, 6.45) is 7.42. The average molecular weight is 446 g/mol. The molecular weight excluding hydrogens is 402 g/mol. The Balaban J connectivity index is 1.59. The monoisotopic (exact) mass is 445 g/mol. The average Bonchev–Trinajstić information content (AvgIpc) is 3.05. The standard InChI is InChI=1S/C25H43N5O2/c1-26-24(27-13-16-30-15-8-14-29(2)17-18-30)28-20-25(11-6-5-7-12-25)21-9-10-22(31-3)23(19-21)32-4/h9-10,19H,5-8,11-18,20H2,1-4H3,(H2,26,27,28). The summed E-state index contributed by atoms with van der Waals surface area (Å²) < 4.78 is 11.1. The van der Waals surface area contributed by atoms with Gasteiger partial charge in [-0.2, -0.15) is 0 Å². The van der Waals surface area contributed by atoms with Crippen molar-refractivity contribution >= 4 is 5.96 Å². The zero-order chi connectivity index (χ0) is 22.8. The lowest BCUT2D eigenvalue weighted by Crippen LogP contribution is -2.48. The van der Waals surface area contributed by atoms with Crippen molar-refractivity contribution < 1.29 is 9.47 Å². The smallest absolute Gasteiger partial charge is 0.191 e. The number of likely N-dealkylation sites (N-methyl/N-ethyl adjacent to an activating group) is 1. The first kappa shape index (κ1) is 24.6. The summed E-state index contributed by atoms with van der Waals surface area (Å²) in [6, 6.07) is 6.41. The lowest BCUT2D eigenvalue weighted by molar-refractivity contribution is 0.278. The second-order valence-corrected chi connectivity index (χ2v) is 9.26. The minimum atomic E-state index is 0.0881. The molecule has 3 rings (SSSR count). The zero-order valence-electron chi connectivity index (χ0n) is 20.6. The molecule has 0 amide bonds. The van der Waals surface area contributed by atoms with Gasteiger partial charge in [0.15, 0.2) is 17.5 Å². The number of aliphatic imine (C=N–C) groups is 1. The van der Waals surface area contributed by atoms with Crippen molar-refractivity contribution in [1.29, 1.82) is 0 Å². The van der Waals surface area contributed by atoms with Crippen LogP contribution in [0.3, 0.4) is 0 Å². The summed E-state index contributed by atoms with van der Waals surface area (Å²) in [4.78, 5) is 9.47. The molecule has 180 valence electrons. The van der Waals surface area contributed by atoms with E-state index >= 15 is 0 Å². The Bertz CT molecular complexity index is 733. The summed E-state index contributed by atoms with van der Waals surface area (Å²) in [7, 11) is 7.48. The molecule has 1 saturated heterocycles. The number of guanidine groups is 1. The first-order chi connectivity index (χ1) is 15.6. The number of ether oxygens (including phenoxy) is 2. The molecule has 0 bridgehead atoms. The molecule has 0 unspecified atom stereocenters. The van der Waals surface area contributed by atoms with E-state index in [0.717, 1.165) is 50.2 Å². The van der Waals surface area contributed by atoms with Crippen molar-refractivity contribution in [2.45, 2.75) is 43.9 Å². The maximum Gasteiger partial charge on any atom is 0.191 e. The topological polar surface area (TPSA) is 61.4 Å². The number of rotatable bonds is 8. The Hall–Kier alpha value is -1.99. The molecule has 32 heavy (non-hydrogen) atoms. The van der Waals surface area contributed by atoms with Crippen LogP contribution in [0.2, 0.25) is 0 Å². The van der Waals surface area contributed by atoms with Crippen molar-refractivity contribution in [1.82, 2.24) is 20.4 Å². The van der Waals surface area contributed by atoms with Gasteiger partial charge < -0.3 is 29.9 Å². The van der Waals surface area contributed by atoms with Crippen molar-refractivity contribution in [2.24, 2.45) is 4.99 Å². The van der Waals surface area contributed by atoms with E-state index in [9.17, 15) is 0 Å². The molecule has 2 N–H and O–H groups in total. The van der Waals surface area contributed by atoms with Crippen molar-refractivity contribution in [3.63, 3.8) is 0 Å². The quantitative estimate of drug-likeness (QED) is 0.474. The summed E-state index contributed by atoms with van der Waals surface area (Å²) >= 11 is 0. The second-order valence-electron chi connectivity index (χ2n) is 9.26. The van der Waals surface area contributed by atoms with Crippen LogP contribution in [0.25, 0.3) is 0 Å². The fraction of sp³-hybridized carbons (Fsp3) is 0.720. The number of methoxy groups -OCH3 is 2. The van der Waals surface area contributed by atoms with Crippen LogP contribution in [-0.4, -0.2) is 89.9 Å². The van der Waals surface area contributed by atoms with Crippen LogP contribution >= 0.6 is 0 Å². The van der Waals surface area contributed by atoms with Crippen molar-refractivity contribution in [3.8, 4) is 11.5 Å². The normalized spacial score (nSPS) is 20.4. The first-order valence-corrected chi connectivity index (χ1v) is 12.2. The molecule has 0 aromatic heterocycles. The summed E-state index contributed by atoms with van der Waals surface area (Å²) in [5.41, 5.74) is 1.41. The maximum absolute atomic E-state index is 5.60. The lowest BCUT2D eigenvalue weighted by atomic mass is 9.69. The molecule has 1 heterocycles. The third kappa shape index (κ3) is 6.51. The predicted molar refractivity (Wildman–Crippen MR) is 132 cm³/mol. The molecule has 1 aromatic rings. The van der Waals surface area contributed by atoms with Crippen LogP contribution in [0, 0.1) is 0 Å². The predicted octanol–water partition coefficient (Wildman–Crippen LogP) is 2.71. The van der Waals surface area contributed by atoms with E-state index in [-0.39, 0.29) is 5.41 Å². The largest absolute Gasteiger partial charge is 0.493 e. The van der Waals surface area contributed by atoms with Gasteiger partial charge in [-0.15, -0.1) is 0 Å². The van der Waals surface area contributed by atoms with E-state index in [1.807, 2.05) is 13.1 Å². The SMILES string of the molecule is CN=C(NCCN1CCCN(C)CC1)NCC1(c2ccc(OC)c(OC)c2)CCCCC1. The summed E-state index contributed by atoms with van der Waals surface area (Å²) in [5.74, 6) is 2.48. The van der Waals surface area contributed by atoms with Gasteiger partial charge in [0.1, 0.15) is 0 Å². The van der Waals surface area contributed by atoms with Gasteiger partial charge in [-0.25, -0.2) is 0 Å². The molecule has 2 aliphatic rings. The first-order valence-electron chi connectivity index (χ1n) is 12.2. The maximum atomic E-state index is 5.60. The van der Waals surface area contributed by atoms with E-state index in [0.29, 0.717) is 0 Å². The van der Waals surface area contributed by atoms with E-state index in [2.05, 4.69) is 44.6 Å². The molecule has 1 saturated carbocycles. The van der Waals surface area contributed by atoms with Crippen LogP contribution in [0.15, 0.2) is 23.2 Å². The minimum Gasteiger partial charge on any atom is -0.493 e. The van der Waals surface area contributed by atoms with Crippen molar-refractivity contribution in [3.05, 3.63) is 23.8 Å². The molecule has 1 aliphatic heterocycles. The van der Waals surface area contributed by atoms with E-state index < -0.39 is 0 Å². The number of hydrogen-bond donors (Lipinski definition) is 2. The molecule has 1 aliphatic carbocycles. The second kappa shape index (κ2) is 12.3. The Morgan fingerprint density at radius 3 is 2.47 bits per heavy atom. The molecule has 2 fully saturated rings. The van der Waals surface area contributed by atoms with Crippen LogP contribution < -0.4 is 20.1 Å². The van der Waals surface area contributed by atoms with Gasteiger partial charge in [0.05, 0.1) is 14.2 Å². The van der Waals surface area contributed by atoms with Gasteiger partial charge in [-0.3, -0.25) is 4.99 Å². The Labute approximate surface area is 194 Å². The highest BCUT2D eigenvalue weighted by molar-refractivity contribution is 5.79. The highest BCUT2D eigenvalue weighted by atomic mass is 16.5. The minimum absolute atomic E-state index is 0.0881. The molecular formula is C25H43N5O2. The number of nitrogens with zero attached hydrogens (tertiary/aromatic N) is 3. The fourth-order valence-corrected chi connectivity index (χ4v) is 5.09. The molecule has 7 heteroatoms. The molecule has 0 spiro atoms. The highest BCUT2D eigenvalue weighted by Gasteiger charge is 2.34. The van der Waals surface area contributed by atoms with Gasteiger partial charge in [0.25, 0.3) is 0 Å². The third-order valence-electron chi connectivity index (χ3n) is 7.16. The van der Waals surface area contributed by atoms with Crippen LogP contribution in [0.4, 0.5) is 0 Å². The van der Waals surface area contributed by atoms with Gasteiger partial charge in [-0.1, -0.05) is 25.3 Å². The third-order valence-corrected chi connectivity index (χ3v) is 7.16. The molecule has 7 nitrogen and oxygen atoms in total. The Morgan fingerprint density at radius 2 is 1.75 bits per heavy atom. The van der Waals surface area contributed by atoms with E-state index in [1.54, 1.807) is 14.2 Å². The zero-order valence-corrected chi connectivity index (χ0v) is 20.6. The lowest BCUT2D eigenvalue weighted by Gasteiger charge is -2.38. The summed E-state index contributed by atoms with van der Waals surface area (Å²) in [6.45, 7) is 7.51. The van der Waals surface area contributed by atoms with Gasteiger partial charge in [0.2, 0.25) is 0 Å². The van der Waals surface area contributed by atoms with Gasteiger partial charge in [-0.05, 0) is 57.1 Å². The number of hydrogen-bond acceptors (Lipinski definition) is 5. The number of benzene rings is 1. The van der Waals surface area contributed by atoms with Gasteiger partial charge >= 0.3 is 0 Å². The van der Waals surface area contributed by atoms with Crippen LogP contribution in [0.5, 0.6) is 11.5 Å². The highest BCUT2D eigenvalue weighted by Crippen LogP contribution is 2.42. The molecule has 0 atom stereocenters. The van der Waals surface area contributed by atoms with Crippen LogP contribution in [0.1, 0.15) is 44.1 Å². The van der Waals surface area contributed by atoms with Crippen molar-refractivity contribution in [2.75, 3.05) is 74.1 Å². The van der Waals surface area contributed by atoms with E-state index in [4.69, 9.17) is 9.47 Å². The Kier molecular flexibility index (Phi) is 9.48. The fourth-order valence-electron chi connectivity index (χ4n) is 5.09.